The Bertz CT molecular complexity index is 467. The van der Waals surface area contributed by atoms with Gasteiger partial charge < -0.3 is 15.3 Å². The monoisotopic (exact) mass is 266 g/mol. The number of hydrogen-bond acceptors (Lipinski definition) is 3. The molecule has 2 rings (SSSR count). The number of carbonyl (C=O) groups is 2. The molecule has 1 fully saturated rings. The third-order valence-corrected chi connectivity index (χ3v) is 3.02. The van der Waals surface area contributed by atoms with Crippen LogP contribution in [0.4, 0.5) is 4.79 Å². The zero-order valence-electron chi connectivity index (χ0n) is 10.9. The van der Waals surface area contributed by atoms with Gasteiger partial charge in [0.15, 0.2) is 0 Å². The van der Waals surface area contributed by atoms with Crippen LogP contribution < -0.4 is 5.32 Å². The minimum absolute atomic E-state index is 0.0171. The lowest BCUT2D eigenvalue weighted by atomic mass is 10.3. The number of carbonyl (C=O) groups excluding carboxylic acids is 1. The van der Waals surface area contributed by atoms with E-state index in [4.69, 9.17) is 5.11 Å². The highest BCUT2D eigenvalue weighted by Gasteiger charge is 2.32. The standard InChI is InChI=1S/C12H18N4O3/c1-15-8-9(7-14-15)6-13-12(19)16(10-2-3-10)5-4-11(17)18/h7-8,10H,2-6H2,1H3,(H,13,19)(H,17,18). The first-order valence-electron chi connectivity index (χ1n) is 6.30. The van der Waals surface area contributed by atoms with Crippen LogP contribution in [0.2, 0.25) is 0 Å². The molecule has 0 aromatic carbocycles. The Morgan fingerprint density at radius 1 is 1.58 bits per heavy atom. The second-order valence-corrected chi connectivity index (χ2v) is 4.75. The molecule has 2 N–H and O–H groups in total. The van der Waals surface area contributed by atoms with Gasteiger partial charge in [-0.15, -0.1) is 0 Å². The maximum absolute atomic E-state index is 12.0. The van der Waals surface area contributed by atoms with E-state index in [9.17, 15) is 9.59 Å². The summed E-state index contributed by atoms with van der Waals surface area (Å²) in [5, 5.41) is 15.5. The van der Waals surface area contributed by atoms with Crippen molar-refractivity contribution in [2.24, 2.45) is 7.05 Å². The number of nitrogens with zero attached hydrogens (tertiary/aromatic N) is 3. The first kappa shape index (κ1) is 13.4. The average molecular weight is 266 g/mol. The Kier molecular flexibility index (Phi) is 4.03. The third-order valence-electron chi connectivity index (χ3n) is 3.02. The molecule has 1 aliphatic carbocycles. The molecule has 104 valence electrons. The van der Waals surface area contributed by atoms with Crippen LogP contribution in [-0.2, 0) is 18.4 Å². The number of aliphatic carboxylic acids is 1. The van der Waals surface area contributed by atoms with Crippen molar-refractivity contribution in [3.05, 3.63) is 18.0 Å². The number of urea groups is 1. The van der Waals surface area contributed by atoms with Crippen molar-refractivity contribution in [1.29, 1.82) is 0 Å². The number of nitrogens with one attached hydrogen (secondary N) is 1. The van der Waals surface area contributed by atoms with E-state index < -0.39 is 5.97 Å². The van der Waals surface area contributed by atoms with Gasteiger partial charge in [-0.1, -0.05) is 0 Å². The van der Waals surface area contributed by atoms with Crippen molar-refractivity contribution in [1.82, 2.24) is 20.0 Å². The summed E-state index contributed by atoms with van der Waals surface area (Å²) in [5.74, 6) is -0.884. The lowest BCUT2D eigenvalue weighted by Gasteiger charge is -2.21. The van der Waals surface area contributed by atoms with E-state index in [1.807, 2.05) is 13.2 Å². The lowest BCUT2D eigenvalue weighted by Crippen LogP contribution is -2.42. The second-order valence-electron chi connectivity index (χ2n) is 4.75. The van der Waals surface area contributed by atoms with E-state index in [0.717, 1.165) is 18.4 Å². The first-order valence-corrected chi connectivity index (χ1v) is 6.30. The van der Waals surface area contributed by atoms with Gasteiger partial charge in [0.1, 0.15) is 0 Å². The van der Waals surface area contributed by atoms with Crippen molar-refractivity contribution >= 4 is 12.0 Å². The highest BCUT2D eigenvalue weighted by molar-refractivity contribution is 5.76. The number of carboxylic acid groups (broad SMARTS) is 1. The van der Waals surface area contributed by atoms with E-state index in [1.54, 1.807) is 15.8 Å². The van der Waals surface area contributed by atoms with Gasteiger partial charge in [-0.3, -0.25) is 9.48 Å². The summed E-state index contributed by atoms with van der Waals surface area (Å²) in [6.45, 7) is 0.668. The topological polar surface area (TPSA) is 87.5 Å². The van der Waals surface area contributed by atoms with Gasteiger partial charge in [0, 0.05) is 37.9 Å². The van der Waals surface area contributed by atoms with Crippen LogP contribution >= 0.6 is 0 Å². The number of aromatic nitrogens is 2. The van der Waals surface area contributed by atoms with Crippen molar-refractivity contribution in [2.75, 3.05) is 6.54 Å². The molecule has 0 atom stereocenters. The normalized spacial score (nSPS) is 14.2. The van der Waals surface area contributed by atoms with E-state index in [1.165, 1.54) is 0 Å². The smallest absolute Gasteiger partial charge is 0.317 e. The van der Waals surface area contributed by atoms with Crippen molar-refractivity contribution in [3.63, 3.8) is 0 Å². The van der Waals surface area contributed by atoms with Gasteiger partial charge >= 0.3 is 12.0 Å². The highest BCUT2D eigenvalue weighted by atomic mass is 16.4. The van der Waals surface area contributed by atoms with Gasteiger partial charge in [0.05, 0.1) is 12.6 Å². The molecule has 1 aliphatic rings. The first-order chi connectivity index (χ1) is 9.06. The molecule has 1 heterocycles. The quantitative estimate of drug-likeness (QED) is 0.788. The Balaban J connectivity index is 1.83. The van der Waals surface area contributed by atoms with Crippen LogP contribution in [0.15, 0.2) is 12.4 Å². The molecule has 1 saturated carbocycles. The molecule has 2 amide bonds. The van der Waals surface area contributed by atoms with Gasteiger partial charge in [-0.05, 0) is 12.8 Å². The van der Waals surface area contributed by atoms with E-state index in [2.05, 4.69) is 10.4 Å². The second kappa shape index (κ2) is 5.73. The van der Waals surface area contributed by atoms with Crippen LogP contribution in [0, 0.1) is 0 Å². The van der Waals surface area contributed by atoms with Crippen LogP contribution in [-0.4, -0.2) is 44.4 Å². The van der Waals surface area contributed by atoms with Gasteiger partial charge in [-0.25, -0.2) is 4.79 Å². The fourth-order valence-corrected chi connectivity index (χ4v) is 1.89. The predicted octanol–water partition coefficient (Wildman–Crippen LogP) is 0.569. The summed E-state index contributed by atoms with van der Waals surface area (Å²) in [4.78, 5) is 24.2. The SMILES string of the molecule is Cn1cc(CNC(=O)N(CCC(=O)O)C2CC2)cn1. The minimum atomic E-state index is -0.884. The molecule has 0 saturated heterocycles. The zero-order valence-corrected chi connectivity index (χ0v) is 10.9. The van der Waals surface area contributed by atoms with Crippen LogP contribution in [0.25, 0.3) is 0 Å². The van der Waals surface area contributed by atoms with E-state index >= 15 is 0 Å². The molecule has 0 bridgehead atoms. The minimum Gasteiger partial charge on any atom is -0.481 e. The van der Waals surface area contributed by atoms with Crippen molar-refractivity contribution in [2.45, 2.75) is 31.8 Å². The number of aryl methyl sites for hydroxylation is 1. The Morgan fingerprint density at radius 3 is 2.84 bits per heavy atom. The molecule has 0 unspecified atom stereocenters. The summed E-state index contributed by atoms with van der Waals surface area (Å²) < 4.78 is 1.67. The average Bonchev–Trinajstić information content (AvgIpc) is 3.09. The highest BCUT2D eigenvalue weighted by Crippen LogP contribution is 2.26. The zero-order chi connectivity index (χ0) is 13.8. The summed E-state index contributed by atoms with van der Waals surface area (Å²) in [7, 11) is 1.81. The molecule has 1 aromatic heterocycles. The Morgan fingerprint density at radius 2 is 2.32 bits per heavy atom. The Hall–Kier alpha value is -2.05. The summed E-state index contributed by atoms with van der Waals surface area (Å²) in [6, 6.07) is 0.000788. The molecule has 0 spiro atoms. The van der Waals surface area contributed by atoms with Crippen LogP contribution in [0.1, 0.15) is 24.8 Å². The molecule has 19 heavy (non-hydrogen) atoms. The summed E-state index contributed by atoms with van der Waals surface area (Å²) in [5.41, 5.74) is 0.921. The predicted molar refractivity (Wildman–Crippen MR) is 67.4 cm³/mol. The van der Waals surface area contributed by atoms with Gasteiger partial charge in [0.2, 0.25) is 0 Å². The van der Waals surface area contributed by atoms with Crippen molar-refractivity contribution < 1.29 is 14.7 Å². The summed E-state index contributed by atoms with van der Waals surface area (Å²) >= 11 is 0. The van der Waals surface area contributed by atoms with Gasteiger partial charge in [0.25, 0.3) is 0 Å². The van der Waals surface area contributed by atoms with Crippen LogP contribution in [0.5, 0.6) is 0 Å². The lowest BCUT2D eigenvalue weighted by molar-refractivity contribution is -0.137. The van der Waals surface area contributed by atoms with Crippen molar-refractivity contribution in [3.8, 4) is 0 Å². The molecule has 1 aromatic rings. The Labute approximate surface area is 111 Å². The number of rotatable bonds is 6. The molecular formula is C12H18N4O3. The fraction of sp³-hybridized carbons (Fsp3) is 0.583. The number of carboxylic acids is 1. The largest absolute Gasteiger partial charge is 0.481 e. The van der Waals surface area contributed by atoms with E-state index in [0.29, 0.717) is 6.54 Å². The van der Waals surface area contributed by atoms with Crippen LogP contribution in [0.3, 0.4) is 0 Å². The number of hydrogen-bond donors (Lipinski definition) is 2. The fourth-order valence-electron chi connectivity index (χ4n) is 1.89. The maximum atomic E-state index is 12.0. The third kappa shape index (κ3) is 3.97. The molecule has 7 nitrogen and oxygen atoms in total. The molecule has 7 heteroatoms. The molecular weight excluding hydrogens is 248 g/mol. The maximum Gasteiger partial charge on any atom is 0.317 e. The number of amides is 2. The molecule has 0 aliphatic heterocycles. The molecule has 0 radical (unpaired) electrons. The van der Waals surface area contributed by atoms with E-state index in [-0.39, 0.29) is 25.0 Å². The van der Waals surface area contributed by atoms with Gasteiger partial charge in [-0.2, -0.15) is 5.10 Å². The summed E-state index contributed by atoms with van der Waals surface area (Å²) in [6.07, 6.45) is 5.43.